The first-order valence-corrected chi connectivity index (χ1v) is 8.49. The lowest BCUT2D eigenvalue weighted by atomic mass is 10.1. The van der Waals surface area contributed by atoms with Gasteiger partial charge in [-0.25, -0.2) is 0 Å². The highest BCUT2D eigenvalue weighted by molar-refractivity contribution is 8.12. The van der Waals surface area contributed by atoms with Crippen molar-refractivity contribution < 1.29 is 19.0 Å². The number of carbonyl (C=O) groups is 2. The zero-order valence-electron chi connectivity index (χ0n) is 13.3. The molecule has 0 aliphatic rings. The zero-order valence-corrected chi connectivity index (χ0v) is 14.2. The number of hydrogen-bond donors (Lipinski definition) is 0. The van der Waals surface area contributed by atoms with Gasteiger partial charge in [-0.1, -0.05) is 54.2 Å². The average molecular weight is 354 g/mol. The lowest BCUT2D eigenvalue weighted by Gasteiger charge is -2.12. The van der Waals surface area contributed by atoms with E-state index < -0.39 is 5.78 Å². The Balaban J connectivity index is 2.27. The Labute approximate surface area is 147 Å². The topological polar surface area (TPSA) is 88.0 Å². The van der Waals surface area contributed by atoms with Gasteiger partial charge in [0.1, 0.15) is 0 Å². The van der Waals surface area contributed by atoms with Crippen LogP contribution in [0.15, 0.2) is 54.6 Å². The van der Waals surface area contributed by atoms with Crippen LogP contribution in [0.1, 0.15) is 28.7 Å². The van der Waals surface area contributed by atoms with E-state index in [1.165, 1.54) is 19.1 Å². The number of benzene rings is 2. The maximum atomic E-state index is 12.9. The third-order valence-corrected chi connectivity index (χ3v) is 4.53. The van der Waals surface area contributed by atoms with Crippen LogP contribution in [-0.2, 0) is 10.5 Å². The fraction of sp³-hybridized carbons (Fsp3) is 0.111. The first-order valence-electron chi connectivity index (χ1n) is 7.50. The third-order valence-electron chi connectivity index (χ3n) is 3.70. The van der Waals surface area contributed by atoms with Crippen molar-refractivity contribution in [2.24, 2.45) is 0 Å². The molecule has 126 valence electrons. The van der Waals surface area contributed by atoms with Gasteiger partial charge in [-0.2, -0.15) is 9.46 Å². The molecule has 0 unspecified atom stereocenters. The normalized spacial score (nSPS) is 10.8. The van der Waals surface area contributed by atoms with Gasteiger partial charge in [-0.3, -0.25) is 9.59 Å². The number of nitrogens with zero attached hydrogens (tertiary/aromatic N) is 2. The molecule has 0 atom stereocenters. The molecule has 0 N–H and O–H groups in total. The van der Waals surface area contributed by atoms with Gasteiger partial charge in [0.05, 0.1) is 5.75 Å². The van der Waals surface area contributed by atoms with Crippen LogP contribution in [0.4, 0.5) is 0 Å². The van der Waals surface area contributed by atoms with Crippen LogP contribution >= 0.6 is 11.8 Å². The standard InChI is InChI=1S/C18H14N2O4S/c1-12(21)25-11-16-17(18(22)13-7-3-2-4-8-13)20(24)15-10-6-5-9-14(15)19(16)23/h2-10H,11H2,1H3. The SMILES string of the molecule is CC(=O)SCc1c(C(=O)c2ccccc2)[n+]([O-])c2ccccc2[n+]1[O-]. The van der Waals surface area contributed by atoms with Crippen molar-refractivity contribution in [3.63, 3.8) is 0 Å². The molecule has 0 saturated heterocycles. The molecule has 0 saturated carbocycles. The van der Waals surface area contributed by atoms with Crippen molar-refractivity contribution in [1.29, 1.82) is 0 Å². The van der Waals surface area contributed by atoms with E-state index in [9.17, 15) is 20.0 Å². The van der Waals surface area contributed by atoms with Gasteiger partial charge in [0, 0.05) is 24.6 Å². The first-order chi connectivity index (χ1) is 12.0. The van der Waals surface area contributed by atoms with Gasteiger partial charge in [0.2, 0.25) is 0 Å². The van der Waals surface area contributed by atoms with Crippen molar-refractivity contribution in [2.45, 2.75) is 12.7 Å². The Morgan fingerprint density at radius 3 is 2.08 bits per heavy atom. The molecule has 1 aromatic heterocycles. The van der Waals surface area contributed by atoms with E-state index >= 15 is 0 Å². The summed E-state index contributed by atoms with van der Waals surface area (Å²) in [5.74, 6) is -0.607. The van der Waals surface area contributed by atoms with Crippen LogP contribution in [0.2, 0.25) is 0 Å². The van der Waals surface area contributed by atoms with Gasteiger partial charge >= 0.3 is 5.69 Å². The highest BCUT2D eigenvalue weighted by Gasteiger charge is 2.34. The minimum atomic E-state index is -0.551. The molecule has 3 aromatic rings. The summed E-state index contributed by atoms with van der Waals surface area (Å²) in [6, 6.07) is 14.5. The lowest BCUT2D eigenvalue weighted by Crippen LogP contribution is -2.47. The second-order valence-corrected chi connectivity index (χ2v) is 6.50. The number of rotatable bonds is 4. The quantitative estimate of drug-likeness (QED) is 0.407. The van der Waals surface area contributed by atoms with Crippen molar-refractivity contribution in [1.82, 2.24) is 0 Å². The molecule has 2 aromatic carbocycles. The molecular weight excluding hydrogens is 340 g/mol. The van der Waals surface area contributed by atoms with Crippen LogP contribution in [0.5, 0.6) is 0 Å². The van der Waals surface area contributed by atoms with Crippen molar-refractivity contribution in [2.75, 3.05) is 0 Å². The van der Waals surface area contributed by atoms with E-state index in [1.807, 2.05) is 0 Å². The van der Waals surface area contributed by atoms with Crippen molar-refractivity contribution in [3.05, 3.63) is 82.0 Å². The predicted molar refractivity (Wildman–Crippen MR) is 93.7 cm³/mol. The smallest absolute Gasteiger partial charge is 0.335 e. The zero-order chi connectivity index (χ0) is 18.0. The fourth-order valence-corrected chi connectivity index (χ4v) is 3.13. The van der Waals surface area contributed by atoms with Crippen LogP contribution in [-0.4, -0.2) is 10.9 Å². The van der Waals surface area contributed by atoms with Gasteiger partial charge in [-0.05, 0) is 0 Å². The molecule has 0 fully saturated rings. The third kappa shape index (κ3) is 3.18. The number of hydrogen-bond acceptors (Lipinski definition) is 5. The molecule has 0 aliphatic carbocycles. The Kier molecular flexibility index (Phi) is 4.67. The number of carbonyl (C=O) groups excluding carboxylic acids is 2. The summed E-state index contributed by atoms with van der Waals surface area (Å²) in [5, 5.41) is 25.3. The van der Waals surface area contributed by atoms with E-state index in [1.54, 1.807) is 42.5 Å². The van der Waals surface area contributed by atoms with Gasteiger partial charge in [-0.15, -0.1) is 0 Å². The molecule has 0 aliphatic heterocycles. The summed E-state index contributed by atoms with van der Waals surface area (Å²) in [6.45, 7) is 1.37. The highest BCUT2D eigenvalue weighted by Crippen LogP contribution is 2.18. The van der Waals surface area contributed by atoms with Crippen LogP contribution in [0.25, 0.3) is 11.0 Å². The summed E-state index contributed by atoms with van der Waals surface area (Å²) in [6.07, 6.45) is 0. The fourth-order valence-electron chi connectivity index (χ4n) is 2.53. The molecule has 1 heterocycles. The van der Waals surface area contributed by atoms with Crippen molar-refractivity contribution >= 4 is 33.7 Å². The minimum absolute atomic E-state index is 0.0252. The molecule has 7 heteroatoms. The number of para-hydroxylation sites is 2. The average Bonchev–Trinajstić information content (AvgIpc) is 2.63. The molecule has 0 amide bonds. The molecule has 6 nitrogen and oxygen atoms in total. The molecule has 0 bridgehead atoms. The summed E-state index contributed by atoms with van der Waals surface area (Å²) < 4.78 is 1.05. The Morgan fingerprint density at radius 1 is 0.920 bits per heavy atom. The first kappa shape index (κ1) is 16.9. The monoisotopic (exact) mass is 354 g/mol. The summed E-state index contributed by atoms with van der Waals surface area (Å²) in [4.78, 5) is 24.2. The summed E-state index contributed by atoms with van der Waals surface area (Å²) >= 11 is 0.878. The molecule has 0 spiro atoms. The van der Waals surface area contributed by atoms with Gasteiger partial charge < -0.3 is 10.4 Å². The second-order valence-electron chi connectivity index (χ2n) is 5.35. The van der Waals surface area contributed by atoms with E-state index in [0.29, 0.717) is 15.0 Å². The minimum Gasteiger partial charge on any atom is -0.618 e. The Morgan fingerprint density at radius 2 is 1.48 bits per heavy atom. The Hall–Kier alpha value is -2.93. The van der Waals surface area contributed by atoms with Crippen LogP contribution in [0, 0.1) is 10.4 Å². The Bertz CT molecular complexity index is 974. The summed E-state index contributed by atoms with van der Waals surface area (Å²) in [5.41, 5.74) is 0.280. The highest BCUT2D eigenvalue weighted by atomic mass is 32.2. The maximum absolute atomic E-state index is 12.9. The van der Waals surface area contributed by atoms with E-state index in [2.05, 4.69) is 0 Å². The van der Waals surface area contributed by atoms with Crippen LogP contribution < -0.4 is 9.46 Å². The molecular formula is C18H14N2O4S. The van der Waals surface area contributed by atoms with E-state index in [4.69, 9.17) is 0 Å². The molecule has 3 rings (SSSR count). The maximum Gasteiger partial charge on any atom is 0.335 e. The van der Waals surface area contributed by atoms with E-state index in [0.717, 1.165) is 11.8 Å². The molecule has 25 heavy (non-hydrogen) atoms. The molecule has 0 radical (unpaired) electrons. The number of aromatic nitrogens is 2. The number of ketones is 1. The second kappa shape index (κ2) is 6.90. The number of fused-ring (bicyclic) bond motifs is 1. The lowest BCUT2D eigenvalue weighted by molar-refractivity contribution is -0.635. The number of thioether (sulfide) groups is 1. The van der Waals surface area contributed by atoms with Crippen LogP contribution in [0.3, 0.4) is 0 Å². The van der Waals surface area contributed by atoms with Crippen molar-refractivity contribution in [3.8, 4) is 0 Å². The van der Waals surface area contributed by atoms with Gasteiger partial charge in [0.25, 0.3) is 22.5 Å². The largest absolute Gasteiger partial charge is 0.618 e. The predicted octanol–water partition coefficient (Wildman–Crippen LogP) is 2.12. The summed E-state index contributed by atoms with van der Waals surface area (Å²) in [7, 11) is 0. The van der Waals surface area contributed by atoms with E-state index in [-0.39, 0.29) is 33.3 Å². The van der Waals surface area contributed by atoms with Gasteiger partial charge in [0.15, 0.2) is 5.12 Å².